The van der Waals surface area contributed by atoms with E-state index in [0.717, 1.165) is 6.42 Å². The van der Waals surface area contributed by atoms with Gasteiger partial charge in [0.25, 0.3) is 0 Å². The number of aliphatic hydroxyl groups excluding tert-OH is 1. The van der Waals surface area contributed by atoms with Gasteiger partial charge >= 0.3 is 0 Å². The van der Waals surface area contributed by atoms with Crippen LogP contribution in [0.2, 0.25) is 0 Å². The highest BCUT2D eigenvalue weighted by Gasteiger charge is 2.21. The van der Waals surface area contributed by atoms with Crippen LogP contribution in [-0.4, -0.2) is 11.7 Å². The largest absolute Gasteiger partial charge is 0.495 e. The molecule has 1 aromatic rings. The molecule has 0 amide bonds. The number of aliphatic hydroxyl groups is 1. The number of ether oxygens (including phenoxy) is 1. The Morgan fingerprint density at radius 1 is 1.47 bits per heavy atom. The average molecular weight is 273 g/mol. The zero-order valence-corrected chi connectivity index (χ0v) is 9.50. The first kappa shape index (κ1) is 10.6. The van der Waals surface area contributed by atoms with Crippen molar-refractivity contribution in [1.82, 2.24) is 0 Å². The minimum absolute atomic E-state index is 0.234. The molecule has 0 spiro atoms. The van der Waals surface area contributed by atoms with Crippen LogP contribution in [0.4, 0.5) is 4.39 Å². The Balaban J connectivity index is 2.32. The maximum Gasteiger partial charge on any atom is 0.143 e. The quantitative estimate of drug-likeness (QED) is 0.897. The molecule has 1 aliphatic heterocycles. The number of benzene rings is 1. The fraction of sp³-hybridized carbons (Fsp3) is 0.273. The first-order valence-corrected chi connectivity index (χ1v) is 5.44. The van der Waals surface area contributed by atoms with Crippen LogP contribution in [0.3, 0.4) is 0 Å². The van der Waals surface area contributed by atoms with Crippen LogP contribution in [0.25, 0.3) is 0 Å². The number of hydrogen-bond donors (Lipinski definition) is 1. The Hall–Kier alpha value is -0.870. The van der Waals surface area contributed by atoms with Crippen molar-refractivity contribution in [3.63, 3.8) is 0 Å². The van der Waals surface area contributed by atoms with E-state index in [1.165, 1.54) is 0 Å². The lowest BCUT2D eigenvalue weighted by Gasteiger charge is -2.13. The molecule has 0 bridgehead atoms. The maximum atomic E-state index is 13.6. The average Bonchev–Trinajstić information content (AvgIpc) is 2.74. The van der Waals surface area contributed by atoms with Crippen LogP contribution in [-0.2, 0) is 4.74 Å². The van der Waals surface area contributed by atoms with E-state index in [4.69, 9.17) is 4.74 Å². The van der Waals surface area contributed by atoms with Crippen molar-refractivity contribution < 1.29 is 14.2 Å². The molecule has 1 unspecified atom stereocenters. The van der Waals surface area contributed by atoms with Gasteiger partial charge in [0.1, 0.15) is 17.7 Å². The molecule has 2 nitrogen and oxygen atoms in total. The number of hydrogen-bond acceptors (Lipinski definition) is 2. The fourth-order valence-electron chi connectivity index (χ4n) is 1.51. The lowest BCUT2D eigenvalue weighted by molar-refractivity contribution is 0.116. The predicted molar refractivity (Wildman–Crippen MR) is 57.7 cm³/mol. The summed E-state index contributed by atoms with van der Waals surface area (Å²) in [6, 6.07) is 4.82. The third kappa shape index (κ3) is 2.06. The highest BCUT2D eigenvalue weighted by atomic mass is 79.9. The predicted octanol–water partition coefficient (Wildman–Crippen LogP) is 2.93. The Labute approximate surface area is 95.5 Å². The van der Waals surface area contributed by atoms with E-state index in [1.807, 2.05) is 0 Å². The van der Waals surface area contributed by atoms with Crippen LogP contribution in [0.1, 0.15) is 18.1 Å². The van der Waals surface area contributed by atoms with Gasteiger partial charge in [-0.15, -0.1) is 0 Å². The molecule has 0 aliphatic carbocycles. The summed E-state index contributed by atoms with van der Waals surface area (Å²) in [5, 5.41) is 9.87. The summed E-state index contributed by atoms with van der Waals surface area (Å²) in [6.07, 6.45) is 1.54. The van der Waals surface area contributed by atoms with E-state index >= 15 is 0 Å². The molecule has 0 saturated heterocycles. The summed E-state index contributed by atoms with van der Waals surface area (Å²) in [4.78, 5) is 0. The van der Waals surface area contributed by atoms with Crippen LogP contribution in [0, 0.1) is 5.82 Å². The van der Waals surface area contributed by atoms with Crippen molar-refractivity contribution in [1.29, 1.82) is 0 Å². The first-order valence-electron chi connectivity index (χ1n) is 4.65. The summed E-state index contributed by atoms with van der Waals surface area (Å²) < 4.78 is 19.2. The molecule has 2 rings (SSSR count). The van der Waals surface area contributed by atoms with E-state index in [9.17, 15) is 9.50 Å². The van der Waals surface area contributed by atoms with E-state index in [-0.39, 0.29) is 5.56 Å². The lowest BCUT2D eigenvalue weighted by atomic mass is 10.1. The van der Waals surface area contributed by atoms with Crippen molar-refractivity contribution in [3.05, 3.63) is 45.9 Å². The molecule has 1 aliphatic rings. The van der Waals surface area contributed by atoms with Crippen molar-refractivity contribution >= 4 is 15.9 Å². The van der Waals surface area contributed by atoms with Gasteiger partial charge in [0.15, 0.2) is 0 Å². The van der Waals surface area contributed by atoms with Gasteiger partial charge in [0.2, 0.25) is 0 Å². The van der Waals surface area contributed by atoms with Gasteiger partial charge in [-0.3, -0.25) is 0 Å². The molecule has 1 atom stereocenters. The molecule has 0 aromatic heterocycles. The molecule has 0 radical (unpaired) electrons. The van der Waals surface area contributed by atoms with Crippen LogP contribution in [0.5, 0.6) is 0 Å². The number of halogens is 2. The Morgan fingerprint density at radius 3 is 2.93 bits per heavy atom. The standard InChI is InChI=1S/C11H10BrFO2/c12-8-4-1-3-7(10(8)13)11(14)9-5-2-6-15-9/h1,3-5,11,14H,2,6H2. The second kappa shape index (κ2) is 4.33. The molecule has 15 heavy (non-hydrogen) atoms. The molecule has 0 fully saturated rings. The first-order chi connectivity index (χ1) is 7.20. The van der Waals surface area contributed by atoms with Crippen molar-refractivity contribution in [2.45, 2.75) is 12.5 Å². The minimum atomic E-state index is -1.01. The third-order valence-corrected chi connectivity index (χ3v) is 2.89. The zero-order valence-electron chi connectivity index (χ0n) is 7.91. The van der Waals surface area contributed by atoms with Gasteiger partial charge in [-0.1, -0.05) is 12.1 Å². The molecule has 1 aromatic carbocycles. The number of rotatable bonds is 2. The van der Waals surface area contributed by atoms with Crippen molar-refractivity contribution in [2.75, 3.05) is 6.61 Å². The highest BCUT2D eigenvalue weighted by molar-refractivity contribution is 9.10. The van der Waals surface area contributed by atoms with Crippen LogP contribution in [0.15, 0.2) is 34.5 Å². The maximum absolute atomic E-state index is 13.6. The summed E-state index contributed by atoms with van der Waals surface area (Å²) in [7, 11) is 0. The van der Waals surface area contributed by atoms with Gasteiger partial charge in [-0.2, -0.15) is 0 Å². The zero-order chi connectivity index (χ0) is 10.8. The minimum Gasteiger partial charge on any atom is -0.495 e. The summed E-state index contributed by atoms with van der Waals surface area (Å²) >= 11 is 3.08. The van der Waals surface area contributed by atoms with Gasteiger partial charge < -0.3 is 9.84 Å². The van der Waals surface area contributed by atoms with Crippen molar-refractivity contribution in [3.8, 4) is 0 Å². The monoisotopic (exact) mass is 272 g/mol. The molecule has 1 heterocycles. The lowest BCUT2D eigenvalue weighted by Crippen LogP contribution is -2.05. The van der Waals surface area contributed by atoms with E-state index < -0.39 is 11.9 Å². The normalized spacial score (nSPS) is 17.1. The summed E-state index contributed by atoms with van der Waals surface area (Å²) in [5.74, 6) is -0.00611. The van der Waals surface area contributed by atoms with Gasteiger partial charge in [-0.05, 0) is 28.1 Å². The topological polar surface area (TPSA) is 29.5 Å². The molecule has 1 N–H and O–H groups in total. The van der Waals surface area contributed by atoms with Gasteiger partial charge in [-0.25, -0.2) is 4.39 Å². The molecule has 4 heteroatoms. The van der Waals surface area contributed by atoms with Gasteiger partial charge in [0.05, 0.1) is 11.1 Å². The molecule has 80 valence electrons. The molecule has 0 saturated carbocycles. The Bertz CT molecular complexity index is 404. The second-order valence-corrected chi connectivity index (χ2v) is 4.14. The summed E-state index contributed by atoms with van der Waals surface area (Å²) in [6.45, 7) is 0.558. The Kier molecular flexibility index (Phi) is 3.07. The molecular formula is C11H10BrFO2. The van der Waals surface area contributed by atoms with E-state index in [1.54, 1.807) is 24.3 Å². The second-order valence-electron chi connectivity index (χ2n) is 3.29. The van der Waals surface area contributed by atoms with Gasteiger partial charge in [0, 0.05) is 12.0 Å². The van der Waals surface area contributed by atoms with E-state index in [2.05, 4.69) is 15.9 Å². The van der Waals surface area contributed by atoms with Crippen LogP contribution >= 0.6 is 15.9 Å². The smallest absolute Gasteiger partial charge is 0.143 e. The van der Waals surface area contributed by atoms with Crippen molar-refractivity contribution in [2.24, 2.45) is 0 Å². The van der Waals surface area contributed by atoms with Crippen LogP contribution < -0.4 is 0 Å². The molecular weight excluding hydrogens is 263 g/mol. The third-order valence-electron chi connectivity index (χ3n) is 2.28. The SMILES string of the molecule is OC(C1=CCCO1)c1cccc(Br)c1F. The van der Waals surface area contributed by atoms with E-state index in [0.29, 0.717) is 16.8 Å². The highest BCUT2D eigenvalue weighted by Crippen LogP contribution is 2.30. The summed E-state index contributed by atoms with van der Waals surface area (Å²) in [5.41, 5.74) is 0.234. The Morgan fingerprint density at radius 2 is 2.27 bits per heavy atom. The fourth-order valence-corrected chi connectivity index (χ4v) is 1.89.